The summed E-state index contributed by atoms with van der Waals surface area (Å²) in [6.07, 6.45) is 0. The second-order valence-corrected chi connectivity index (χ2v) is 9.01. The summed E-state index contributed by atoms with van der Waals surface area (Å²) in [6.45, 7) is 2.13. The van der Waals surface area contributed by atoms with E-state index in [4.69, 9.17) is 9.05 Å². The Morgan fingerprint density at radius 2 is 1.40 bits per heavy atom. The molecule has 0 bridgehead atoms. The second-order valence-electron chi connectivity index (χ2n) is 7.13. The molecule has 1 unspecified atom stereocenters. The first-order valence-electron chi connectivity index (χ1n) is 10.0. The average Bonchev–Trinajstić information content (AvgIpc) is 2.80. The van der Waals surface area contributed by atoms with Gasteiger partial charge in [-0.15, -0.1) is 0 Å². The fraction of sp³-hybridized carbons (Fsp3) is 0.0769. The lowest BCUT2D eigenvalue weighted by Gasteiger charge is -2.31. The molecule has 1 heterocycles. The number of hydrogen-bond donors (Lipinski definition) is 0. The van der Waals surface area contributed by atoms with Crippen molar-refractivity contribution in [1.82, 2.24) is 0 Å². The minimum atomic E-state index is -3.59. The van der Waals surface area contributed by atoms with Crippen molar-refractivity contribution in [2.75, 3.05) is 6.61 Å². The summed E-state index contributed by atoms with van der Waals surface area (Å²) in [4.78, 5) is 0. The Labute approximate surface area is 176 Å². The molecule has 5 rings (SSSR count). The van der Waals surface area contributed by atoms with Gasteiger partial charge in [0.15, 0.2) is 0 Å². The first kappa shape index (κ1) is 18.9. The molecule has 0 saturated carbocycles. The summed E-state index contributed by atoms with van der Waals surface area (Å²) >= 11 is 0. The van der Waals surface area contributed by atoms with Crippen LogP contribution in [-0.2, 0) is 13.6 Å². The zero-order valence-electron chi connectivity index (χ0n) is 16.6. The van der Waals surface area contributed by atoms with E-state index in [0.717, 1.165) is 33.0 Å². The van der Waals surface area contributed by atoms with E-state index in [-0.39, 0.29) is 0 Å². The molecular weight excluding hydrogens is 391 g/mol. The molecule has 1 aliphatic heterocycles. The minimum absolute atomic E-state index is 0.294. The summed E-state index contributed by atoms with van der Waals surface area (Å²) in [7, 11) is -3.59. The fourth-order valence-corrected chi connectivity index (χ4v) is 6.05. The molecule has 0 aliphatic carbocycles. The van der Waals surface area contributed by atoms with E-state index in [1.165, 1.54) is 0 Å². The highest BCUT2D eigenvalue weighted by molar-refractivity contribution is 7.63. The monoisotopic (exact) mass is 412 g/mol. The topological polar surface area (TPSA) is 35.5 Å². The van der Waals surface area contributed by atoms with Crippen molar-refractivity contribution in [3.8, 4) is 0 Å². The molecule has 4 aromatic carbocycles. The number of fused-ring (bicyclic) bond motifs is 3. The third-order valence-electron chi connectivity index (χ3n) is 5.28. The van der Waals surface area contributed by atoms with Crippen LogP contribution < -0.4 is 5.30 Å². The van der Waals surface area contributed by atoms with Crippen LogP contribution in [0.25, 0.3) is 22.1 Å². The third-order valence-corrected chi connectivity index (χ3v) is 7.33. The normalized spacial score (nSPS) is 18.2. The zero-order valence-corrected chi connectivity index (χ0v) is 17.5. The van der Waals surface area contributed by atoms with Gasteiger partial charge in [-0.3, -0.25) is 4.52 Å². The van der Waals surface area contributed by atoms with Crippen LogP contribution >= 0.6 is 7.60 Å². The quantitative estimate of drug-likeness (QED) is 0.353. The Hall–Kier alpha value is -3.13. The second kappa shape index (κ2) is 7.60. The van der Waals surface area contributed by atoms with Crippen molar-refractivity contribution >= 4 is 35.0 Å². The lowest BCUT2D eigenvalue weighted by molar-refractivity contribution is 0.279. The van der Waals surface area contributed by atoms with Crippen LogP contribution in [0, 0.1) is 0 Å². The predicted molar refractivity (Wildman–Crippen MR) is 123 cm³/mol. The molecule has 1 atom stereocenters. The van der Waals surface area contributed by atoms with E-state index in [0.29, 0.717) is 17.7 Å². The standard InChI is InChI=1S/C26H21O3P/c1-2-28-30(27)26-22-16-10-9-11-19(22)17-18-23(26)24(20-12-5-3-6-13-20)25(29-30)21-14-7-4-8-15-21/h3-18H,2H2,1H3. The van der Waals surface area contributed by atoms with Gasteiger partial charge in [0.05, 0.1) is 11.9 Å². The van der Waals surface area contributed by atoms with E-state index in [1.54, 1.807) is 0 Å². The smallest absolute Gasteiger partial charge is 0.412 e. The Morgan fingerprint density at radius 3 is 2.10 bits per heavy atom. The van der Waals surface area contributed by atoms with Crippen molar-refractivity contribution < 1.29 is 13.6 Å². The van der Waals surface area contributed by atoms with E-state index in [9.17, 15) is 4.57 Å². The SMILES string of the molecule is CCOP1(=O)OC(c2ccccc2)=C(c2ccccc2)c2ccc3ccccc3c21. The summed E-state index contributed by atoms with van der Waals surface area (Å²) in [5.74, 6) is 0.585. The van der Waals surface area contributed by atoms with E-state index in [2.05, 4.69) is 18.2 Å². The van der Waals surface area contributed by atoms with E-state index >= 15 is 0 Å². The largest absolute Gasteiger partial charge is 0.420 e. The maximum absolute atomic E-state index is 14.2. The van der Waals surface area contributed by atoms with E-state index in [1.807, 2.05) is 85.8 Å². The molecule has 0 saturated heterocycles. The van der Waals surface area contributed by atoms with E-state index < -0.39 is 7.60 Å². The highest BCUT2D eigenvalue weighted by atomic mass is 31.2. The minimum Gasteiger partial charge on any atom is -0.420 e. The molecule has 0 radical (unpaired) electrons. The first-order chi connectivity index (χ1) is 14.7. The summed E-state index contributed by atoms with van der Waals surface area (Å²) in [5.41, 5.74) is 3.70. The molecule has 0 spiro atoms. The van der Waals surface area contributed by atoms with Gasteiger partial charge < -0.3 is 4.52 Å². The summed E-state index contributed by atoms with van der Waals surface area (Å²) < 4.78 is 26.3. The number of benzene rings is 4. The van der Waals surface area contributed by atoms with Gasteiger partial charge in [0.25, 0.3) is 0 Å². The van der Waals surface area contributed by atoms with Crippen molar-refractivity contribution in [1.29, 1.82) is 0 Å². The molecule has 0 aromatic heterocycles. The van der Waals surface area contributed by atoms with Crippen molar-refractivity contribution in [2.45, 2.75) is 6.92 Å². The Balaban J connectivity index is 1.91. The van der Waals surface area contributed by atoms with Crippen LogP contribution in [0.5, 0.6) is 0 Å². The van der Waals surface area contributed by atoms with Crippen LogP contribution in [0.2, 0.25) is 0 Å². The highest BCUT2D eigenvalue weighted by Crippen LogP contribution is 2.58. The summed E-state index contributed by atoms with van der Waals surface area (Å²) in [5, 5.41) is 2.55. The molecule has 4 aromatic rings. The molecule has 1 aliphatic rings. The van der Waals surface area contributed by atoms with Gasteiger partial charge in [0, 0.05) is 16.7 Å². The molecule has 30 heavy (non-hydrogen) atoms. The van der Waals surface area contributed by atoms with Crippen LogP contribution in [-0.4, -0.2) is 6.61 Å². The van der Waals surface area contributed by atoms with Gasteiger partial charge in [-0.05, 0) is 23.3 Å². The van der Waals surface area contributed by atoms with Crippen LogP contribution in [0.4, 0.5) is 0 Å². The molecule has 4 heteroatoms. The lowest BCUT2D eigenvalue weighted by atomic mass is 9.92. The molecular formula is C26H21O3P. The summed E-state index contributed by atoms with van der Waals surface area (Å²) in [6, 6.07) is 32.0. The zero-order chi connectivity index (χ0) is 20.6. The van der Waals surface area contributed by atoms with Crippen LogP contribution in [0.3, 0.4) is 0 Å². The molecule has 0 N–H and O–H groups in total. The van der Waals surface area contributed by atoms with Crippen LogP contribution in [0.1, 0.15) is 23.6 Å². The number of hydrogen-bond acceptors (Lipinski definition) is 3. The lowest BCUT2D eigenvalue weighted by Crippen LogP contribution is -2.21. The van der Waals surface area contributed by atoms with Crippen LogP contribution in [0.15, 0.2) is 97.1 Å². The van der Waals surface area contributed by atoms with Crippen molar-refractivity contribution in [2.24, 2.45) is 0 Å². The molecule has 0 fully saturated rings. The Kier molecular flexibility index (Phi) is 4.78. The molecule has 0 amide bonds. The number of rotatable bonds is 4. The molecule has 3 nitrogen and oxygen atoms in total. The molecule has 148 valence electrons. The maximum Gasteiger partial charge on any atom is 0.412 e. The third kappa shape index (κ3) is 3.08. The maximum atomic E-state index is 14.2. The Morgan fingerprint density at radius 1 is 0.767 bits per heavy atom. The van der Waals surface area contributed by atoms with Gasteiger partial charge in [-0.2, -0.15) is 0 Å². The highest BCUT2D eigenvalue weighted by Gasteiger charge is 2.41. The van der Waals surface area contributed by atoms with Gasteiger partial charge in [-0.1, -0.05) is 97.1 Å². The van der Waals surface area contributed by atoms with Crippen molar-refractivity contribution in [3.05, 3.63) is 114 Å². The van der Waals surface area contributed by atoms with Gasteiger partial charge in [-0.25, -0.2) is 4.57 Å². The van der Waals surface area contributed by atoms with Gasteiger partial charge in [0.1, 0.15) is 5.76 Å². The first-order valence-corrected chi connectivity index (χ1v) is 11.6. The predicted octanol–water partition coefficient (Wildman–Crippen LogP) is 6.64. The van der Waals surface area contributed by atoms with Gasteiger partial charge in [0.2, 0.25) is 0 Å². The van der Waals surface area contributed by atoms with Gasteiger partial charge >= 0.3 is 7.60 Å². The average molecular weight is 412 g/mol. The van der Waals surface area contributed by atoms with Crippen molar-refractivity contribution in [3.63, 3.8) is 0 Å². The fourth-order valence-electron chi connectivity index (χ4n) is 4.02. The Bertz CT molecular complexity index is 1290.